The van der Waals surface area contributed by atoms with Crippen LogP contribution in [-0.2, 0) is 26.9 Å². The first-order valence-corrected chi connectivity index (χ1v) is 16.5. The molecular weight excluding hydrogens is 667 g/mol. The number of fused-ring (bicyclic) bond motifs is 1. The third-order valence-electron chi connectivity index (χ3n) is 8.63. The first-order chi connectivity index (χ1) is 23.4. The standard InChI is InChI=1S/C36H31F5N2O5S/c1-20-24(17-25-26(36(39,40)41)9-5-10-27(25)38)34-43(33(46)31(20)29-18-47-35(48-29)22-12-14-23(37)15-13-22)28(19-49-34)32(21-7-3-2-4-8-21)42-16-6-11-30(44)45/h2-5,7-10,12-15,18,28,32,35,42H,6,11,16-17,19H2,1H3,(H,44,45). The zero-order valence-electron chi connectivity index (χ0n) is 26.1. The lowest BCUT2D eigenvalue weighted by Crippen LogP contribution is -2.37. The van der Waals surface area contributed by atoms with Crippen LogP contribution in [0.3, 0.4) is 0 Å². The van der Waals surface area contributed by atoms with Crippen molar-refractivity contribution < 1.29 is 41.3 Å². The summed E-state index contributed by atoms with van der Waals surface area (Å²) in [5.41, 5.74) is -0.199. The van der Waals surface area contributed by atoms with Gasteiger partial charge in [-0.15, -0.1) is 11.8 Å². The number of aliphatic carboxylic acids is 1. The minimum atomic E-state index is -4.83. The van der Waals surface area contributed by atoms with Gasteiger partial charge in [0.25, 0.3) is 11.8 Å². The lowest BCUT2D eigenvalue weighted by Gasteiger charge is -2.28. The van der Waals surface area contributed by atoms with Gasteiger partial charge in [-0.05, 0) is 73.0 Å². The van der Waals surface area contributed by atoms with Crippen LogP contribution in [0.15, 0.2) is 88.9 Å². The Balaban J connectivity index is 1.48. The van der Waals surface area contributed by atoms with Crippen LogP contribution < -0.4 is 10.9 Å². The predicted molar refractivity (Wildman–Crippen MR) is 173 cm³/mol. The third-order valence-corrected chi connectivity index (χ3v) is 9.86. The Morgan fingerprint density at radius 3 is 2.47 bits per heavy atom. The normalized spacial score (nSPS) is 17.6. The van der Waals surface area contributed by atoms with Crippen molar-refractivity contribution in [3.8, 4) is 0 Å². The first kappa shape index (κ1) is 34.3. The Kier molecular flexibility index (Phi) is 9.84. The number of hydrogen-bond acceptors (Lipinski definition) is 6. The number of benzene rings is 3. The molecule has 2 N–H and O–H groups in total. The molecule has 0 spiro atoms. The van der Waals surface area contributed by atoms with Gasteiger partial charge in [-0.1, -0.05) is 36.4 Å². The smallest absolute Gasteiger partial charge is 0.416 e. The van der Waals surface area contributed by atoms with Crippen LogP contribution in [-0.4, -0.2) is 27.9 Å². The van der Waals surface area contributed by atoms with Crippen molar-refractivity contribution in [2.75, 3.05) is 12.3 Å². The topological polar surface area (TPSA) is 89.8 Å². The number of carbonyl (C=O) groups is 1. The second-order valence-corrected chi connectivity index (χ2v) is 12.7. The number of pyridine rings is 1. The van der Waals surface area contributed by atoms with E-state index in [4.69, 9.17) is 14.6 Å². The molecule has 3 aromatic carbocycles. The zero-order valence-corrected chi connectivity index (χ0v) is 26.9. The van der Waals surface area contributed by atoms with Crippen LogP contribution in [0.25, 0.3) is 5.76 Å². The quantitative estimate of drug-likeness (QED) is 0.122. The second-order valence-electron chi connectivity index (χ2n) is 11.7. The summed E-state index contributed by atoms with van der Waals surface area (Å²) in [5.74, 6) is -2.07. The van der Waals surface area contributed by atoms with Crippen molar-refractivity contribution in [3.63, 3.8) is 0 Å². The Morgan fingerprint density at radius 1 is 1.04 bits per heavy atom. The van der Waals surface area contributed by atoms with Gasteiger partial charge in [0, 0.05) is 29.7 Å². The molecule has 49 heavy (non-hydrogen) atoms. The molecule has 2 aliphatic rings. The number of rotatable bonds is 11. The molecule has 2 aliphatic heterocycles. The van der Waals surface area contributed by atoms with Crippen LogP contribution in [0, 0.1) is 18.6 Å². The fourth-order valence-electron chi connectivity index (χ4n) is 6.26. The molecule has 7 nitrogen and oxygen atoms in total. The lowest BCUT2D eigenvalue weighted by molar-refractivity contribution is -0.138. The van der Waals surface area contributed by atoms with Crippen LogP contribution in [0.1, 0.15) is 70.2 Å². The second kappa shape index (κ2) is 14.1. The molecule has 0 saturated carbocycles. The van der Waals surface area contributed by atoms with Crippen LogP contribution in [0.4, 0.5) is 22.0 Å². The summed E-state index contributed by atoms with van der Waals surface area (Å²) in [6.07, 6.45) is -4.81. The van der Waals surface area contributed by atoms with Gasteiger partial charge < -0.3 is 19.9 Å². The maximum atomic E-state index is 15.2. The number of aromatic nitrogens is 1. The molecule has 0 bridgehead atoms. The predicted octanol–water partition coefficient (Wildman–Crippen LogP) is 7.93. The SMILES string of the molecule is Cc1c(Cc2c(F)cccc2C(F)(F)F)c2n(c(=O)c1C1=COC(c3ccc(F)cc3)O1)C(C(NCCCC(=O)O)c1ccccc1)CS2. The van der Waals surface area contributed by atoms with E-state index in [-0.39, 0.29) is 17.7 Å². The number of carboxylic acids is 1. The van der Waals surface area contributed by atoms with Crippen molar-refractivity contribution in [1.82, 2.24) is 9.88 Å². The molecule has 13 heteroatoms. The molecule has 3 unspecified atom stereocenters. The van der Waals surface area contributed by atoms with Crippen LogP contribution >= 0.6 is 11.8 Å². The fraction of sp³-hybridized carbons (Fsp3) is 0.278. The summed E-state index contributed by atoms with van der Waals surface area (Å²) in [7, 11) is 0. The van der Waals surface area contributed by atoms with Crippen molar-refractivity contribution in [1.29, 1.82) is 0 Å². The number of ether oxygens (including phenoxy) is 2. The fourth-order valence-corrected chi connectivity index (χ4v) is 7.69. The van der Waals surface area contributed by atoms with Crippen molar-refractivity contribution in [2.45, 2.75) is 55.8 Å². The number of halogens is 5. The Hall–Kier alpha value is -4.62. The van der Waals surface area contributed by atoms with Gasteiger partial charge in [0.2, 0.25) is 0 Å². The van der Waals surface area contributed by atoms with E-state index in [0.717, 1.165) is 23.8 Å². The third kappa shape index (κ3) is 7.09. The summed E-state index contributed by atoms with van der Waals surface area (Å²) >= 11 is 1.28. The van der Waals surface area contributed by atoms with Crippen molar-refractivity contribution in [3.05, 3.63) is 140 Å². The molecule has 256 valence electrons. The Labute approximate surface area is 282 Å². The molecule has 0 fully saturated rings. The minimum Gasteiger partial charge on any atom is -0.481 e. The number of nitrogens with zero attached hydrogens (tertiary/aromatic N) is 1. The summed E-state index contributed by atoms with van der Waals surface area (Å²) in [6, 6.07) is 16.4. The van der Waals surface area contributed by atoms with Gasteiger partial charge in [-0.25, -0.2) is 8.78 Å². The highest BCUT2D eigenvalue weighted by Gasteiger charge is 2.39. The van der Waals surface area contributed by atoms with E-state index >= 15 is 4.39 Å². The van der Waals surface area contributed by atoms with E-state index in [1.165, 1.54) is 46.9 Å². The average molecular weight is 699 g/mol. The van der Waals surface area contributed by atoms with Crippen LogP contribution in [0.2, 0.25) is 0 Å². The summed E-state index contributed by atoms with van der Waals surface area (Å²) in [6.45, 7) is 1.90. The largest absolute Gasteiger partial charge is 0.481 e. The van der Waals surface area contributed by atoms with Crippen LogP contribution in [0.5, 0.6) is 0 Å². The summed E-state index contributed by atoms with van der Waals surface area (Å²) in [4.78, 5) is 25.8. The lowest BCUT2D eigenvalue weighted by atomic mass is 9.93. The molecular formula is C36H31F5N2O5S. The number of hydrogen-bond donors (Lipinski definition) is 2. The molecule has 3 atom stereocenters. The van der Waals surface area contributed by atoms with E-state index in [2.05, 4.69) is 5.32 Å². The van der Waals surface area contributed by atoms with Gasteiger partial charge in [0.15, 0.2) is 5.76 Å². The van der Waals surface area contributed by atoms with E-state index in [1.807, 2.05) is 30.3 Å². The van der Waals surface area contributed by atoms with E-state index in [1.54, 1.807) is 6.92 Å². The van der Waals surface area contributed by atoms with Gasteiger partial charge in [0.05, 0.1) is 28.2 Å². The highest BCUT2D eigenvalue weighted by Crippen LogP contribution is 2.45. The number of alkyl halides is 3. The first-order valence-electron chi connectivity index (χ1n) is 15.5. The Morgan fingerprint density at radius 2 is 1.78 bits per heavy atom. The van der Waals surface area contributed by atoms with E-state index < -0.39 is 65.3 Å². The highest BCUT2D eigenvalue weighted by molar-refractivity contribution is 7.99. The molecule has 0 aliphatic carbocycles. The summed E-state index contributed by atoms with van der Waals surface area (Å²) < 4.78 is 84.5. The van der Waals surface area contributed by atoms with Gasteiger partial charge in [-0.3, -0.25) is 14.2 Å². The minimum absolute atomic E-state index is 0.0271. The summed E-state index contributed by atoms with van der Waals surface area (Å²) in [5, 5.41) is 13.0. The molecule has 6 rings (SSSR count). The molecule has 0 radical (unpaired) electrons. The number of nitrogens with one attached hydrogen (secondary N) is 1. The average Bonchev–Trinajstić information content (AvgIpc) is 3.72. The molecule has 0 saturated heterocycles. The van der Waals surface area contributed by atoms with Gasteiger partial charge >= 0.3 is 12.1 Å². The number of carboxylic acid groups (broad SMARTS) is 1. The highest BCUT2D eigenvalue weighted by atomic mass is 32.2. The molecule has 1 aromatic heterocycles. The molecule has 4 aromatic rings. The van der Waals surface area contributed by atoms with Crippen molar-refractivity contribution in [2.24, 2.45) is 0 Å². The van der Waals surface area contributed by atoms with Crippen molar-refractivity contribution >= 4 is 23.5 Å². The number of thioether (sulfide) groups is 1. The maximum absolute atomic E-state index is 15.2. The van der Waals surface area contributed by atoms with E-state index in [0.29, 0.717) is 40.4 Å². The zero-order chi connectivity index (χ0) is 34.9. The van der Waals surface area contributed by atoms with Gasteiger partial charge in [-0.2, -0.15) is 13.2 Å². The molecule has 0 amide bonds. The Bertz CT molecular complexity index is 1950. The molecule has 3 heterocycles. The van der Waals surface area contributed by atoms with Gasteiger partial charge in [0.1, 0.15) is 17.9 Å². The maximum Gasteiger partial charge on any atom is 0.416 e. The van der Waals surface area contributed by atoms with E-state index in [9.17, 15) is 27.2 Å². The monoisotopic (exact) mass is 698 g/mol.